The average Bonchev–Trinajstić information content (AvgIpc) is 2.28. The van der Waals surface area contributed by atoms with E-state index in [1.807, 2.05) is 0 Å². The average molecular weight is 238 g/mol. The van der Waals surface area contributed by atoms with E-state index in [-0.39, 0.29) is 17.1 Å². The number of hydrogen-bond donors (Lipinski definition) is 2. The Morgan fingerprint density at radius 1 is 1.18 bits per heavy atom. The summed E-state index contributed by atoms with van der Waals surface area (Å²) in [5.41, 5.74) is -0.164. The Bertz CT molecular complexity index is 353. The normalized spacial score (nSPS) is 10.2. The standard InChI is InChI=1S/C13H18O4/c1-2-3-4-5-9-17-13(16)12-10(14)7-6-8-11(12)15/h6-8,14-15H,2-5,9H2,1H3. The largest absolute Gasteiger partial charge is 0.507 e. The summed E-state index contributed by atoms with van der Waals surface area (Å²) in [6.07, 6.45) is 4.04. The number of esters is 1. The second-order valence-corrected chi connectivity index (χ2v) is 3.87. The van der Waals surface area contributed by atoms with E-state index in [1.165, 1.54) is 18.2 Å². The van der Waals surface area contributed by atoms with Crippen LogP contribution < -0.4 is 0 Å². The zero-order chi connectivity index (χ0) is 12.7. The molecule has 2 N–H and O–H groups in total. The van der Waals surface area contributed by atoms with E-state index in [0.29, 0.717) is 6.61 Å². The van der Waals surface area contributed by atoms with Crippen molar-refractivity contribution in [3.63, 3.8) is 0 Å². The van der Waals surface area contributed by atoms with Crippen molar-refractivity contribution in [1.29, 1.82) is 0 Å². The smallest absolute Gasteiger partial charge is 0.345 e. The van der Waals surface area contributed by atoms with Crippen LogP contribution in [0.3, 0.4) is 0 Å². The minimum atomic E-state index is -0.683. The van der Waals surface area contributed by atoms with Gasteiger partial charge in [0.1, 0.15) is 17.1 Å². The lowest BCUT2D eigenvalue weighted by molar-refractivity contribution is 0.0491. The summed E-state index contributed by atoms with van der Waals surface area (Å²) in [7, 11) is 0. The van der Waals surface area contributed by atoms with Crippen LogP contribution in [0.25, 0.3) is 0 Å². The minimum absolute atomic E-state index is 0.164. The molecule has 4 heteroatoms. The van der Waals surface area contributed by atoms with Crippen LogP contribution in [-0.2, 0) is 4.74 Å². The van der Waals surface area contributed by atoms with E-state index in [9.17, 15) is 15.0 Å². The first-order valence-electron chi connectivity index (χ1n) is 5.85. The van der Waals surface area contributed by atoms with Gasteiger partial charge < -0.3 is 14.9 Å². The minimum Gasteiger partial charge on any atom is -0.507 e. The van der Waals surface area contributed by atoms with Crippen molar-refractivity contribution in [2.75, 3.05) is 6.61 Å². The Hall–Kier alpha value is -1.71. The third-order valence-electron chi connectivity index (χ3n) is 2.46. The summed E-state index contributed by atoms with van der Waals surface area (Å²) in [5, 5.41) is 18.9. The van der Waals surface area contributed by atoms with Crippen LogP contribution in [0, 0.1) is 0 Å². The Labute approximate surface area is 101 Å². The topological polar surface area (TPSA) is 66.8 Å². The van der Waals surface area contributed by atoms with Gasteiger partial charge in [-0.3, -0.25) is 0 Å². The zero-order valence-corrected chi connectivity index (χ0v) is 9.98. The number of hydrogen-bond acceptors (Lipinski definition) is 4. The molecule has 0 bridgehead atoms. The molecule has 0 spiro atoms. The second kappa shape index (κ2) is 6.78. The van der Waals surface area contributed by atoms with Gasteiger partial charge in [-0.05, 0) is 18.6 Å². The molecule has 0 heterocycles. The number of unbranched alkanes of at least 4 members (excludes halogenated alkanes) is 3. The predicted molar refractivity (Wildman–Crippen MR) is 64.2 cm³/mol. The molecule has 0 saturated heterocycles. The lowest BCUT2D eigenvalue weighted by Gasteiger charge is -2.07. The first-order valence-corrected chi connectivity index (χ1v) is 5.85. The van der Waals surface area contributed by atoms with Crippen molar-refractivity contribution in [3.05, 3.63) is 23.8 Å². The quantitative estimate of drug-likeness (QED) is 0.590. The molecule has 17 heavy (non-hydrogen) atoms. The highest BCUT2D eigenvalue weighted by molar-refractivity contribution is 5.95. The number of benzene rings is 1. The lowest BCUT2D eigenvalue weighted by Crippen LogP contribution is -2.07. The van der Waals surface area contributed by atoms with E-state index in [0.717, 1.165) is 25.7 Å². The van der Waals surface area contributed by atoms with Gasteiger partial charge in [0.15, 0.2) is 0 Å². The number of ether oxygens (including phenoxy) is 1. The highest BCUT2D eigenvalue weighted by Gasteiger charge is 2.16. The van der Waals surface area contributed by atoms with E-state index < -0.39 is 5.97 Å². The Kier molecular flexibility index (Phi) is 5.33. The first kappa shape index (κ1) is 13.4. The van der Waals surface area contributed by atoms with Crippen molar-refractivity contribution in [1.82, 2.24) is 0 Å². The van der Waals surface area contributed by atoms with Crippen molar-refractivity contribution < 1.29 is 19.7 Å². The highest BCUT2D eigenvalue weighted by atomic mass is 16.5. The second-order valence-electron chi connectivity index (χ2n) is 3.87. The Morgan fingerprint density at radius 2 is 1.82 bits per heavy atom. The van der Waals surface area contributed by atoms with E-state index in [4.69, 9.17) is 4.74 Å². The van der Waals surface area contributed by atoms with Crippen LogP contribution in [0.2, 0.25) is 0 Å². The number of rotatable bonds is 6. The van der Waals surface area contributed by atoms with Gasteiger partial charge in [0.05, 0.1) is 6.61 Å². The fourth-order valence-corrected chi connectivity index (χ4v) is 1.50. The molecular weight excluding hydrogens is 220 g/mol. The van der Waals surface area contributed by atoms with Gasteiger partial charge in [-0.25, -0.2) is 4.79 Å². The summed E-state index contributed by atoms with van der Waals surface area (Å²) in [6.45, 7) is 2.42. The number of aromatic hydroxyl groups is 2. The van der Waals surface area contributed by atoms with Crippen LogP contribution in [0.5, 0.6) is 11.5 Å². The van der Waals surface area contributed by atoms with Crippen LogP contribution in [0.4, 0.5) is 0 Å². The summed E-state index contributed by atoms with van der Waals surface area (Å²) in [4.78, 5) is 11.6. The third kappa shape index (κ3) is 3.98. The maximum atomic E-state index is 11.6. The zero-order valence-electron chi connectivity index (χ0n) is 9.98. The summed E-state index contributed by atoms with van der Waals surface area (Å²) in [5.74, 6) is -1.20. The molecule has 1 aromatic rings. The van der Waals surface area contributed by atoms with Crippen molar-refractivity contribution >= 4 is 5.97 Å². The molecule has 0 aromatic heterocycles. The van der Waals surface area contributed by atoms with E-state index in [2.05, 4.69) is 6.92 Å². The number of phenolic OH excluding ortho intramolecular Hbond substituents is 2. The molecule has 4 nitrogen and oxygen atoms in total. The first-order chi connectivity index (χ1) is 8.16. The van der Waals surface area contributed by atoms with Crippen LogP contribution in [0.15, 0.2) is 18.2 Å². The fourth-order valence-electron chi connectivity index (χ4n) is 1.50. The van der Waals surface area contributed by atoms with Crippen LogP contribution in [0.1, 0.15) is 43.0 Å². The van der Waals surface area contributed by atoms with Gasteiger partial charge in [0, 0.05) is 0 Å². The maximum Gasteiger partial charge on any atom is 0.345 e. The number of carbonyl (C=O) groups is 1. The molecule has 1 rings (SSSR count). The van der Waals surface area contributed by atoms with E-state index in [1.54, 1.807) is 0 Å². The summed E-state index contributed by atoms with van der Waals surface area (Å²) in [6, 6.07) is 4.14. The van der Waals surface area contributed by atoms with Gasteiger partial charge >= 0.3 is 5.97 Å². The Morgan fingerprint density at radius 3 is 2.41 bits per heavy atom. The van der Waals surface area contributed by atoms with Crippen LogP contribution >= 0.6 is 0 Å². The van der Waals surface area contributed by atoms with Gasteiger partial charge in [0.2, 0.25) is 0 Å². The molecule has 94 valence electrons. The number of carbonyl (C=O) groups excluding carboxylic acids is 1. The third-order valence-corrected chi connectivity index (χ3v) is 2.46. The molecule has 0 aliphatic carbocycles. The van der Waals surface area contributed by atoms with Crippen molar-refractivity contribution in [2.24, 2.45) is 0 Å². The molecule has 0 amide bonds. The number of phenols is 2. The van der Waals surface area contributed by atoms with Gasteiger partial charge in [0.25, 0.3) is 0 Å². The molecule has 0 aliphatic rings. The monoisotopic (exact) mass is 238 g/mol. The molecule has 0 fully saturated rings. The van der Waals surface area contributed by atoms with Crippen molar-refractivity contribution in [2.45, 2.75) is 32.6 Å². The van der Waals surface area contributed by atoms with Gasteiger partial charge in [-0.2, -0.15) is 0 Å². The van der Waals surface area contributed by atoms with Crippen molar-refractivity contribution in [3.8, 4) is 11.5 Å². The lowest BCUT2D eigenvalue weighted by atomic mass is 10.2. The molecule has 0 saturated carbocycles. The van der Waals surface area contributed by atoms with E-state index >= 15 is 0 Å². The molecule has 0 atom stereocenters. The molecular formula is C13H18O4. The molecule has 0 radical (unpaired) electrons. The van der Waals surface area contributed by atoms with Gasteiger partial charge in [-0.15, -0.1) is 0 Å². The SMILES string of the molecule is CCCCCCOC(=O)c1c(O)cccc1O. The maximum absolute atomic E-state index is 11.6. The Balaban J connectivity index is 2.47. The van der Waals surface area contributed by atoms with Gasteiger partial charge in [-0.1, -0.05) is 32.3 Å². The summed E-state index contributed by atoms with van der Waals surface area (Å²) >= 11 is 0. The fraction of sp³-hybridized carbons (Fsp3) is 0.462. The summed E-state index contributed by atoms with van der Waals surface area (Å²) < 4.78 is 4.98. The molecule has 1 aromatic carbocycles. The van der Waals surface area contributed by atoms with Crippen LogP contribution in [-0.4, -0.2) is 22.8 Å². The molecule has 0 aliphatic heterocycles. The predicted octanol–water partition coefficient (Wildman–Crippen LogP) is 2.83. The molecule has 0 unspecified atom stereocenters. The highest BCUT2D eigenvalue weighted by Crippen LogP contribution is 2.26.